The molecule has 1 saturated heterocycles. The molecule has 6 heteroatoms. The van der Waals surface area contributed by atoms with Gasteiger partial charge in [0.25, 0.3) is 0 Å². The number of carbonyl (C=O) groups excluding carboxylic acids is 2. The van der Waals surface area contributed by atoms with Crippen LogP contribution >= 0.6 is 0 Å². The van der Waals surface area contributed by atoms with Crippen LogP contribution in [0.25, 0.3) is 0 Å². The molecule has 0 radical (unpaired) electrons. The van der Waals surface area contributed by atoms with E-state index in [0.29, 0.717) is 19.3 Å². The van der Waals surface area contributed by atoms with E-state index in [-0.39, 0.29) is 23.9 Å². The number of unbranched alkanes of at least 4 members (excludes halogenated alkanes) is 11. The lowest BCUT2D eigenvalue weighted by atomic mass is 9.80. The number of aliphatic carboxylic acids is 1. The summed E-state index contributed by atoms with van der Waals surface area (Å²) in [4.78, 5) is 37.9. The zero-order valence-electron chi connectivity index (χ0n) is 23.0. The van der Waals surface area contributed by atoms with Crippen molar-refractivity contribution in [3.63, 3.8) is 0 Å². The highest BCUT2D eigenvalue weighted by molar-refractivity contribution is 5.89. The summed E-state index contributed by atoms with van der Waals surface area (Å²) in [6.45, 7) is 8.26. The number of hydrogen-bond donors (Lipinski definition) is 2. The second-order valence-electron chi connectivity index (χ2n) is 11.0. The number of carbonyl (C=O) groups is 3. The molecule has 0 aromatic rings. The Morgan fingerprint density at radius 1 is 0.886 bits per heavy atom. The maximum atomic E-state index is 13.2. The highest BCUT2D eigenvalue weighted by Crippen LogP contribution is 2.33. The fourth-order valence-electron chi connectivity index (χ4n) is 5.14. The molecule has 1 aliphatic heterocycles. The maximum absolute atomic E-state index is 13.2. The van der Waals surface area contributed by atoms with Crippen LogP contribution in [-0.4, -0.2) is 35.1 Å². The van der Waals surface area contributed by atoms with E-state index in [2.05, 4.69) is 19.2 Å². The number of carboxylic acid groups (broad SMARTS) is 1. The summed E-state index contributed by atoms with van der Waals surface area (Å²) in [5.41, 5.74) is 0. The average molecular weight is 496 g/mol. The van der Waals surface area contributed by atoms with Crippen LogP contribution in [0.3, 0.4) is 0 Å². The van der Waals surface area contributed by atoms with Crippen molar-refractivity contribution in [1.82, 2.24) is 5.32 Å². The Bertz CT molecular complexity index is 606. The second-order valence-corrected chi connectivity index (χ2v) is 11.0. The molecule has 0 aliphatic carbocycles. The van der Waals surface area contributed by atoms with Crippen molar-refractivity contribution in [2.24, 2.45) is 17.8 Å². The molecule has 1 aliphatic rings. The fraction of sp³-hybridized carbons (Fsp3) is 0.897. The van der Waals surface area contributed by atoms with Gasteiger partial charge in [-0.15, -0.1) is 0 Å². The quantitative estimate of drug-likeness (QED) is 0.140. The predicted octanol–water partition coefficient (Wildman–Crippen LogP) is 7.04. The van der Waals surface area contributed by atoms with Crippen molar-refractivity contribution in [3.05, 3.63) is 0 Å². The van der Waals surface area contributed by atoms with Crippen molar-refractivity contribution in [2.75, 3.05) is 0 Å². The summed E-state index contributed by atoms with van der Waals surface area (Å²) in [5, 5.41) is 12.3. The van der Waals surface area contributed by atoms with Crippen LogP contribution in [0.15, 0.2) is 0 Å². The van der Waals surface area contributed by atoms with E-state index >= 15 is 0 Å². The van der Waals surface area contributed by atoms with E-state index in [0.717, 1.165) is 44.9 Å². The Hall–Kier alpha value is -1.59. The molecular weight excluding hydrogens is 442 g/mol. The number of hydrogen-bond acceptors (Lipinski definition) is 4. The Morgan fingerprint density at radius 3 is 1.94 bits per heavy atom. The molecular formula is C29H53NO5. The van der Waals surface area contributed by atoms with Gasteiger partial charge in [0.05, 0.1) is 11.8 Å². The van der Waals surface area contributed by atoms with E-state index in [1.165, 1.54) is 44.9 Å². The van der Waals surface area contributed by atoms with Gasteiger partial charge in [0.1, 0.15) is 12.1 Å². The van der Waals surface area contributed by atoms with Gasteiger partial charge in [0.2, 0.25) is 5.91 Å². The van der Waals surface area contributed by atoms with Crippen LogP contribution in [0.1, 0.15) is 137 Å². The second kappa shape index (κ2) is 18.6. The Labute approximate surface area is 214 Å². The molecule has 6 nitrogen and oxygen atoms in total. The van der Waals surface area contributed by atoms with Gasteiger partial charge in [-0.2, -0.15) is 0 Å². The monoisotopic (exact) mass is 495 g/mol. The number of rotatable bonds is 20. The number of nitrogens with one attached hydrogen (secondary N) is 1. The maximum Gasteiger partial charge on any atom is 0.326 e. The summed E-state index contributed by atoms with van der Waals surface area (Å²) in [6, 6.07) is -0.919. The lowest BCUT2D eigenvalue weighted by molar-refractivity contribution is -0.169. The van der Waals surface area contributed by atoms with E-state index in [4.69, 9.17) is 4.74 Å². The minimum atomic E-state index is -1.02. The molecule has 35 heavy (non-hydrogen) atoms. The third kappa shape index (κ3) is 13.3. The normalized spacial score (nSPS) is 21.1. The van der Waals surface area contributed by atoms with Gasteiger partial charge in [0, 0.05) is 0 Å². The molecule has 0 bridgehead atoms. The van der Waals surface area contributed by atoms with Crippen molar-refractivity contribution in [2.45, 2.75) is 149 Å². The first kappa shape index (κ1) is 31.4. The highest BCUT2D eigenvalue weighted by atomic mass is 16.5. The lowest BCUT2D eigenvalue weighted by Gasteiger charge is -2.35. The number of cyclic esters (lactones) is 1. The van der Waals surface area contributed by atoms with Crippen molar-refractivity contribution < 1.29 is 24.2 Å². The average Bonchev–Trinajstić information content (AvgIpc) is 2.80. The molecule has 204 valence electrons. The first-order valence-electron chi connectivity index (χ1n) is 14.5. The molecule has 1 rings (SSSR count). The van der Waals surface area contributed by atoms with E-state index in [1.54, 1.807) is 0 Å². The van der Waals surface area contributed by atoms with Crippen LogP contribution in [0.5, 0.6) is 0 Å². The molecule has 0 aromatic carbocycles. The van der Waals surface area contributed by atoms with Crippen LogP contribution in [-0.2, 0) is 19.1 Å². The Morgan fingerprint density at radius 2 is 1.40 bits per heavy atom. The van der Waals surface area contributed by atoms with Gasteiger partial charge in [-0.1, -0.05) is 105 Å². The van der Waals surface area contributed by atoms with Gasteiger partial charge in [-0.25, -0.2) is 4.79 Å². The summed E-state index contributed by atoms with van der Waals surface area (Å²) in [6.07, 6.45) is 17.3. The molecule has 0 spiro atoms. The molecule has 0 unspecified atom stereocenters. The molecule has 1 heterocycles. The van der Waals surface area contributed by atoms with Crippen LogP contribution < -0.4 is 5.32 Å². The Kier molecular flexibility index (Phi) is 16.8. The van der Waals surface area contributed by atoms with Crippen LogP contribution in [0.2, 0.25) is 0 Å². The first-order chi connectivity index (χ1) is 16.8. The van der Waals surface area contributed by atoms with Crippen molar-refractivity contribution in [3.8, 4) is 0 Å². The standard InChI is InChI=1S/C29H53NO5/c1-5-7-9-11-12-13-14-15-16-18-23-21-25(24(29(34)35-23)19-17-10-8-6-2)27(31)30-26(28(32)33)20-22(3)4/h22-26H,5-21H2,1-4H3,(H,30,31)(H,32,33)/t23-,24-,25-,26-/m0/s1. The zero-order valence-corrected chi connectivity index (χ0v) is 23.0. The smallest absolute Gasteiger partial charge is 0.326 e. The van der Waals surface area contributed by atoms with Gasteiger partial charge in [-0.05, 0) is 38.0 Å². The van der Waals surface area contributed by atoms with Gasteiger partial charge in [0.15, 0.2) is 0 Å². The molecule has 1 fully saturated rings. The molecule has 1 amide bonds. The molecule has 4 atom stereocenters. The molecule has 2 N–H and O–H groups in total. The summed E-state index contributed by atoms with van der Waals surface area (Å²) >= 11 is 0. The predicted molar refractivity (Wildman–Crippen MR) is 141 cm³/mol. The fourth-order valence-corrected chi connectivity index (χ4v) is 5.14. The number of carboxylic acids is 1. The molecule has 0 saturated carbocycles. The van der Waals surface area contributed by atoms with Crippen molar-refractivity contribution >= 4 is 17.8 Å². The summed E-state index contributed by atoms with van der Waals surface area (Å²) < 4.78 is 5.79. The SMILES string of the molecule is CCCCCCCCCCC[C@H]1C[C@H](C(=O)N[C@@H](CC(C)C)C(=O)O)[C@H](CCCCCC)C(=O)O1. The largest absolute Gasteiger partial charge is 0.480 e. The third-order valence-electron chi connectivity index (χ3n) is 7.24. The number of esters is 1. The number of ether oxygens (including phenoxy) is 1. The van der Waals surface area contributed by atoms with Gasteiger partial charge >= 0.3 is 11.9 Å². The first-order valence-corrected chi connectivity index (χ1v) is 14.5. The van der Waals surface area contributed by atoms with E-state index in [1.807, 2.05) is 13.8 Å². The minimum absolute atomic E-state index is 0.150. The molecule has 0 aromatic heterocycles. The van der Waals surface area contributed by atoms with Gasteiger partial charge < -0.3 is 15.2 Å². The number of amides is 1. The van der Waals surface area contributed by atoms with Crippen molar-refractivity contribution in [1.29, 1.82) is 0 Å². The van der Waals surface area contributed by atoms with Crippen LogP contribution in [0, 0.1) is 17.8 Å². The zero-order chi connectivity index (χ0) is 26.1. The Balaban J connectivity index is 2.64. The minimum Gasteiger partial charge on any atom is -0.480 e. The highest BCUT2D eigenvalue weighted by Gasteiger charge is 2.42. The van der Waals surface area contributed by atoms with E-state index in [9.17, 15) is 19.5 Å². The summed E-state index contributed by atoms with van der Waals surface area (Å²) in [5.74, 6) is -2.42. The van der Waals surface area contributed by atoms with Crippen LogP contribution in [0.4, 0.5) is 0 Å². The van der Waals surface area contributed by atoms with E-state index < -0.39 is 23.8 Å². The van der Waals surface area contributed by atoms with Gasteiger partial charge in [-0.3, -0.25) is 9.59 Å². The topological polar surface area (TPSA) is 92.7 Å². The summed E-state index contributed by atoms with van der Waals surface area (Å²) in [7, 11) is 0. The lowest BCUT2D eigenvalue weighted by Crippen LogP contribution is -2.50. The third-order valence-corrected chi connectivity index (χ3v) is 7.24.